The summed E-state index contributed by atoms with van der Waals surface area (Å²) in [5, 5.41) is 10.8. The largest absolute Gasteiger partial charge is 0.444 e. The summed E-state index contributed by atoms with van der Waals surface area (Å²) in [6, 6.07) is 6.51. The second-order valence-corrected chi connectivity index (χ2v) is 7.61. The zero-order valence-corrected chi connectivity index (χ0v) is 14.8. The zero-order valence-electron chi connectivity index (χ0n) is 14.8. The molecule has 2 rings (SSSR count). The third kappa shape index (κ3) is 4.13. The van der Waals surface area contributed by atoms with E-state index in [2.05, 4.69) is 0 Å². The number of hydrogen-bond acceptors (Lipinski definition) is 4. The van der Waals surface area contributed by atoms with Gasteiger partial charge in [-0.2, -0.15) is 0 Å². The van der Waals surface area contributed by atoms with Crippen LogP contribution in [0.15, 0.2) is 30.3 Å². The lowest BCUT2D eigenvalue weighted by Crippen LogP contribution is -2.51. The van der Waals surface area contributed by atoms with Crippen molar-refractivity contribution in [3.63, 3.8) is 0 Å². The van der Waals surface area contributed by atoms with Crippen LogP contribution in [0.1, 0.15) is 46.6 Å². The first-order valence-corrected chi connectivity index (χ1v) is 7.94. The van der Waals surface area contributed by atoms with Gasteiger partial charge in [-0.3, -0.25) is 15.0 Å². The maximum absolute atomic E-state index is 12.4. The predicted molar refractivity (Wildman–Crippen MR) is 92.7 cm³/mol. The fraction of sp³-hybridized carbons (Fsp3) is 0.500. The number of rotatable bonds is 2. The maximum atomic E-state index is 12.4. The lowest BCUT2D eigenvalue weighted by atomic mass is 9.86. The van der Waals surface area contributed by atoms with E-state index in [1.54, 1.807) is 17.0 Å². The van der Waals surface area contributed by atoms with E-state index in [4.69, 9.17) is 4.74 Å². The Hall–Kier alpha value is -2.37. The zero-order chi connectivity index (χ0) is 18.1. The Kier molecular flexibility index (Phi) is 4.69. The van der Waals surface area contributed by atoms with Gasteiger partial charge in [-0.25, -0.2) is 4.79 Å². The lowest BCUT2D eigenvalue weighted by molar-refractivity contribution is -0.384. The number of amides is 1. The maximum Gasteiger partial charge on any atom is 0.411 e. The quantitative estimate of drug-likeness (QED) is 0.594. The van der Waals surface area contributed by atoms with Gasteiger partial charge in [-0.1, -0.05) is 6.08 Å². The molecule has 1 aromatic rings. The fourth-order valence-corrected chi connectivity index (χ4v) is 2.74. The molecule has 1 aliphatic heterocycles. The molecule has 0 aliphatic carbocycles. The molecule has 1 aromatic carbocycles. The van der Waals surface area contributed by atoms with Crippen molar-refractivity contribution in [3.05, 3.63) is 46.0 Å². The molecule has 1 amide bonds. The topological polar surface area (TPSA) is 72.7 Å². The van der Waals surface area contributed by atoms with Crippen molar-refractivity contribution in [2.45, 2.75) is 52.2 Å². The van der Waals surface area contributed by atoms with Crippen LogP contribution in [0.25, 0.3) is 5.57 Å². The minimum Gasteiger partial charge on any atom is -0.444 e. The molecule has 0 aromatic heterocycles. The monoisotopic (exact) mass is 332 g/mol. The van der Waals surface area contributed by atoms with E-state index in [-0.39, 0.29) is 11.8 Å². The Balaban J connectivity index is 2.19. The van der Waals surface area contributed by atoms with Crippen molar-refractivity contribution >= 4 is 17.4 Å². The van der Waals surface area contributed by atoms with Gasteiger partial charge in [0.25, 0.3) is 5.69 Å². The molecule has 0 saturated carbocycles. The van der Waals surface area contributed by atoms with E-state index in [0.717, 1.165) is 11.1 Å². The number of benzene rings is 1. The molecule has 0 saturated heterocycles. The van der Waals surface area contributed by atoms with Crippen molar-refractivity contribution < 1.29 is 14.5 Å². The molecule has 0 bridgehead atoms. The first kappa shape index (κ1) is 18.0. The SMILES string of the molecule is CC(C)(C)OC(=O)N1CC=C(c2ccc([N+](=O)[O-])cc2)CC1(C)C. The van der Waals surface area contributed by atoms with Gasteiger partial charge in [-0.05, 0) is 64.3 Å². The van der Waals surface area contributed by atoms with Crippen molar-refractivity contribution in [2.75, 3.05) is 6.54 Å². The Morgan fingerprint density at radius 3 is 2.29 bits per heavy atom. The molecule has 0 atom stereocenters. The number of hydrogen-bond donors (Lipinski definition) is 0. The van der Waals surface area contributed by atoms with Crippen LogP contribution in [0.5, 0.6) is 0 Å². The smallest absolute Gasteiger partial charge is 0.411 e. The van der Waals surface area contributed by atoms with Gasteiger partial charge in [-0.15, -0.1) is 0 Å². The Morgan fingerprint density at radius 1 is 1.25 bits per heavy atom. The molecule has 1 aliphatic rings. The lowest BCUT2D eigenvalue weighted by Gasteiger charge is -2.42. The highest BCUT2D eigenvalue weighted by molar-refractivity contribution is 5.74. The van der Waals surface area contributed by atoms with Crippen LogP contribution in [0.2, 0.25) is 0 Å². The molecule has 1 heterocycles. The Bertz CT molecular complexity index is 669. The van der Waals surface area contributed by atoms with E-state index in [1.165, 1.54) is 12.1 Å². The summed E-state index contributed by atoms with van der Waals surface area (Å²) in [5.74, 6) is 0. The van der Waals surface area contributed by atoms with Crippen molar-refractivity contribution in [2.24, 2.45) is 0 Å². The molecule has 130 valence electrons. The van der Waals surface area contributed by atoms with Crippen LogP contribution >= 0.6 is 0 Å². The summed E-state index contributed by atoms with van der Waals surface area (Å²) < 4.78 is 5.48. The molecule has 0 radical (unpaired) electrons. The van der Waals surface area contributed by atoms with Crippen LogP contribution in [0, 0.1) is 10.1 Å². The van der Waals surface area contributed by atoms with E-state index >= 15 is 0 Å². The van der Waals surface area contributed by atoms with Crippen LogP contribution in [-0.2, 0) is 4.74 Å². The van der Waals surface area contributed by atoms with E-state index < -0.39 is 16.1 Å². The summed E-state index contributed by atoms with van der Waals surface area (Å²) >= 11 is 0. The third-order valence-corrected chi connectivity index (χ3v) is 3.94. The first-order valence-electron chi connectivity index (χ1n) is 7.94. The van der Waals surface area contributed by atoms with Crippen molar-refractivity contribution in [1.29, 1.82) is 0 Å². The summed E-state index contributed by atoms with van der Waals surface area (Å²) in [6.07, 6.45) is 2.31. The molecule has 0 N–H and O–H groups in total. The second kappa shape index (κ2) is 6.26. The number of non-ortho nitro benzene ring substituents is 1. The standard InChI is InChI=1S/C18H24N2O4/c1-17(2,3)24-16(21)19-11-10-14(12-18(19,4)5)13-6-8-15(9-7-13)20(22)23/h6-10H,11-12H2,1-5H3. The van der Waals surface area contributed by atoms with Crippen molar-refractivity contribution in [3.8, 4) is 0 Å². The molecule has 6 heteroatoms. The van der Waals surface area contributed by atoms with Crippen LogP contribution < -0.4 is 0 Å². The van der Waals surface area contributed by atoms with Gasteiger partial charge in [0.2, 0.25) is 0 Å². The van der Waals surface area contributed by atoms with Gasteiger partial charge in [0, 0.05) is 24.2 Å². The molecule has 0 unspecified atom stereocenters. The van der Waals surface area contributed by atoms with E-state index in [0.29, 0.717) is 13.0 Å². The van der Waals surface area contributed by atoms with Gasteiger partial charge in [0.05, 0.1) is 4.92 Å². The van der Waals surface area contributed by atoms with Gasteiger partial charge in [0.15, 0.2) is 0 Å². The molecular weight excluding hydrogens is 308 g/mol. The average Bonchev–Trinajstić information content (AvgIpc) is 2.44. The molecular formula is C18H24N2O4. The third-order valence-electron chi connectivity index (χ3n) is 3.94. The molecule has 0 spiro atoms. The summed E-state index contributed by atoms with van der Waals surface area (Å²) in [6.45, 7) is 9.98. The summed E-state index contributed by atoms with van der Waals surface area (Å²) in [5.41, 5.74) is 1.17. The highest BCUT2D eigenvalue weighted by atomic mass is 16.6. The van der Waals surface area contributed by atoms with Crippen LogP contribution in [-0.4, -0.2) is 33.6 Å². The number of nitro groups is 1. The van der Waals surface area contributed by atoms with Crippen molar-refractivity contribution in [1.82, 2.24) is 4.90 Å². The number of ether oxygens (including phenoxy) is 1. The van der Waals surface area contributed by atoms with Gasteiger partial charge >= 0.3 is 6.09 Å². The van der Waals surface area contributed by atoms with Crippen LogP contribution in [0.4, 0.5) is 10.5 Å². The Labute approximate surface area is 142 Å². The Morgan fingerprint density at radius 2 is 1.83 bits per heavy atom. The average molecular weight is 332 g/mol. The van der Waals surface area contributed by atoms with Gasteiger partial charge < -0.3 is 4.74 Å². The first-order chi connectivity index (χ1) is 11.0. The molecule has 0 fully saturated rings. The van der Waals surface area contributed by atoms with E-state index in [9.17, 15) is 14.9 Å². The second-order valence-electron chi connectivity index (χ2n) is 7.61. The summed E-state index contributed by atoms with van der Waals surface area (Å²) in [4.78, 5) is 24.5. The van der Waals surface area contributed by atoms with E-state index in [1.807, 2.05) is 40.7 Å². The molecule has 6 nitrogen and oxygen atoms in total. The number of nitrogens with zero attached hydrogens (tertiary/aromatic N) is 2. The minimum absolute atomic E-state index is 0.0739. The number of carbonyl (C=O) groups excluding carboxylic acids is 1. The number of carbonyl (C=O) groups is 1. The summed E-state index contributed by atoms with van der Waals surface area (Å²) in [7, 11) is 0. The van der Waals surface area contributed by atoms with Crippen LogP contribution in [0.3, 0.4) is 0 Å². The normalized spacial score (nSPS) is 17.2. The minimum atomic E-state index is -0.532. The highest BCUT2D eigenvalue weighted by Crippen LogP contribution is 2.34. The predicted octanol–water partition coefficient (Wildman–Crippen LogP) is 4.40. The van der Waals surface area contributed by atoms with Gasteiger partial charge in [0.1, 0.15) is 5.60 Å². The number of nitro benzene ring substituents is 1. The highest BCUT2D eigenvalue weighted by Gasteiger charge is 2.36. The molecule has 24 heavy (non-hydrogen) atoms. The fourth-order valence-electron chi connectivity index (χ4n) is 2.74.